The van der Waals surface area contributed by atoms with E-state index in [1.807, 2.05) is 14.0 Å². The maximum Gasteiger partial charge on any atom is 0.0601 e. The van der Waals surface area contributed by atoms with Crippen LogP contribution in [0.4, 0.5) is 0 Å². The number of aliphatic hydroxyl groups is 1. The third-order valence-corrected chi connectivity index (χ3v) is 3.11. The summed E-state index contributed by atoms with van der Waals surface area (Å²) in [5.74, 6) is 0. The zero-order valence-corrected chi connectivity index (χ0v) is 9.54. The van der Waals surface area contributed by atoms with E-state index in [4.69, 9.17) is 5.73 Å². The molecule has 0 aliphatic rings. The van der Waals surface area contributed by atoms with Crippen LogP contribution in [0.15, 0.2) is 0 Å². The zero-order chi connectivity index (χ0) is 10.6. The number of likely N-dealkylation sites (N-methyl/N-ethyl adjacent to an activating group) is 1. The summed E-state index contributed by atoms with van der Waals surface area (Å²) >= 11 is 0. The van der Waals surface area contributed by atoms with E-state index in [1.165, 1.54) is 0 Å². The Morgan fingerprint density at radius 2 is 1.92 bits per heavy atom. The highest BCUT2D eigenvalue weighted by Gasteiger charge is 2.29. The van der Waals surface area contributed by atoms with Crippen LogP contribution < -0.4 is 5.73 Å². The van der Waals surface area contributed by atoms with Crippen LogP contribution in [0.25, 0.3) is 0 Å². The molecule has 3 heteroatoms. The molecule has 0 saturated carbocycles. The summed E-state index contributed by atoms with van der Waals surface area (Å²) in [4.78, 5) is 2.16. The molecular formula is C10H24N2O. The van der Waals surface area contributed by atoms with E-state index in [9.17, 15) is 5.11 Å². The first-order valence-electron chi connectivity index (χ1n) is 4.96. The van der Waals surface area contributed by atoms with Gasteiger partial charge >= 0.3 is 0 Å². The van der Waals surface area contributed by atoms with E-state index in [1.54, 1.807) is 0 Å². The van der Waals surface area contributed by atoms with Crippen LogP contribution in [0.3, 0.4) is 0 Å². The number of hydrogen-bond acceptors (Lipinski definition) is 3. The van der Waals surface area contributed by atoms with Gasteiger partial charge in [-0.3, -0.25) is 4.90 Å². The molecule has 0 heterocycles. The highest BCUT2D eigenvalue weighted by molar-refractivity contribution is 4.86. The van der Waals surface area contributed by atoms with Gasteiger partial charge in [0.05, 0.1) is 6.61 Å². The van der Waals surface area contributed by atoms with Crippen molar-refractivity contribution < 1.29 is 5.11 Å². The molecular weight excluding hydrogens is 164 g/mol. The number of hydrogen-bond donors (Lipinski definition) is 2. The van der Waals surface area contributed by atoms with Gasteiger partial charge in [-0.1, -0.05) is 6.92 Å². The minimum absolute atomic E-state index is 0.000764. The quantitative estimate of drug-likeness (QED) is 0.671. The zero-order valence-electron chi connectivity index (χ0n) is 9.54. The largest absolute Gasteiger partial charge is 0.395 e. The Hall–Kier alpha value is -0.120. The van der Waals surface area contributed by atoms with Gasteiger partial charge in [0.2, 0.25) is 0 Å². The Bertz CT molecular complexity index is 146. The lowest BCUT2D eigenvalue weighted by Crippen LogP contribution is -2.55. The molecule has 0 amide bonds. The van der Waals surface area contributed by atoms with Crippen LogP contribution >= 0.6 is 0 Å². The third kappa shape index (κ3) is 3.25. The fourth-order valence-electron chi connectivity index (χ4n) is 1.34. The average molecular weight is 188 g/mol. The first-order chi connectivity index (χ1) is 5.86. The number of nitrogens with zero attached hydrogens (tertiary/aromatic N) is 1. The summed E-state index contributed by atoms with van der Waals surface area (Å²) in [5, 5.41) is 9.20. The van der Waals surface area contributed by atoms with Gasteiger partial charge in [0.15, 0.2) is 0 Å². The third-order valence-electron chi connectivity index (χ3n) is 3.11. The summed E-state index contributed by atoms with van der Waals surface area (Å²) < 4.78 is 0. The summed E-state index contributed by atoms with van der Waals surface area (Å²) in [5.41, 5.74) is 5.90. The Labute approximate surface area is 81.9 Å². The molecule has 0 spiro atoms. The second-order valence-corrected chi connectivity index (χ2v) is 4.39. The van der Waals surface area contributed by atoms with Crippen molar-refractivity contribution in [3.05, 3.63) is 0 Å². The van der Waals surface area contributed by atoms with E-state index >= 15 is 0 Å². The maximum absolute atomic E-state index is 9.20. The molecule has 2 atom stereocenters. The van der Waals surface area contributed by atoms with E-state index in [2.05, 4.69) is 25.7 Å². The van der Waals surface area contributed by atoms with Crippen LogP contribution in [-0.2, 0) is 0 Å². The topological polar surface area (TPSA) is 49.5 Å². The summed E-state index contributed by atoms with van der Waals surface area (Å²) in [6, 6.07) is 0.0516. The molecule has 0 saturated heterocycles. The molecule has 0 rings (SSSR count). The molecule has 0 radical (unpaired) electrons. The SMILES string of the molecule is CCC(C)(C)N(C)C(CO)C(C)N. The second kappa shape index (κ2) is 4.94. The first kappa shape index (κ1) is 12.9. The predicted molar refractivity (Wildman–Crippen MR) is 56.7 cm³/mol. The lowest BCUT2D eigenvalue weighted by Gasteiger charge is -2.41. The molecule has 0 fully saturated rings. The van der Waals surface area contributed by atoms with E-state index < -0.39 is 0 Å². The van der Waals surface area contributed by atoms with Crippen LogP contribution in [0.2, 0.25) is 0 Å². The van der Waals surface area contributed by atoms with Crippen molar-refractivity contribution in [1.29, 1.82) is 0 Å². The average Bonchev–Trinajstić information content (AvgIpc) is 2.05. The fourth-order valence-corrected chi connectivity index (χ4v) is 1.34. The molecule has 0 aliphatic heterocycles. The van der Waals surface area contributed by atoms with Crippen molar-refractivity contribution in [1.82, 2.24) is 4.90 Å². The van der Waals surface area contributed by atoms with Gasteiger partial charge in [-0.05, 0) is 34.2 Å². The molecule has 2 unspecified atom stereocenters. The van der Waals surface area contributed by atoms with Crippen LogP contribution in [0, 0.1) is 0 Å². The van der Waals surface area contributed by atoms with E-state index in [0.29, 0.717) is 0 Å². The van der Waals surface area contributed by atoms with Gasteiger partial charge in [0.1, 0.15) is 0 Å². The molecule has 80 valence electrons. The molecule has 0 aromatic heterocycles. The van der Waals surface area contributed by atoms with Crippen molar-refractivity contribution in [3.8, 4) is 0 Å². The monoisotopic (exact) mass is 188 g/mol. The smallest absolute Gasteiger partial charge is 0.0601 e. The van der Waals surface area contributed by atoms with Crippen molar-refractivity contribution in [2.45, 2.75) is 51.7 Å². The standard InChI is InChI=1S/C10H24N2O/c1-6-10(3,4)12(5)9(7-13)8(2)11/h8-9,13H,6-7,11H2,1-5H3. The van der Waals surface area contributed by atoms with E-state index in [-0.39, 0.29) is 24.2 Å². The van der Waals surface area contributed by atoms with Crippen molar-refractivity contribution >= 4 is 0 Å². The van der Waals surface area contributed by atoms with Gasteiger partial charge in [-0.25, -0.2) is 0 Å². The van der Waals surface area contributed by atoms with Gasteiger partial charge in [0.25, 0.3) is 0 Å². The number of aliphatic hydroxyl groups excluding tert-OH is 1. The van der Waals surface area contributed by atoms with Crippen LogP contribution in [0.1, 0.15) is 34.1 Å². The molecule has 0 aliphatic carbocycles. The Balaban J connectivity index is 4.44. The first-order valence-corrected chi connectivity index (χ1v) is 4.96. The molecule has 3 N–H and O–H groups in total. The second-order valence-electron chi connectivity index (χ2n) is 4.39. The lowest BCUT2D eigenvalue weighted by molar-refractivity contribution is 0.0481. The van der Waals surface area contributed by atoms with Gasteiger partial charge in [0, 0.05) is 17.6 Å². The molecule has 0 bridgehead atoms. The molecule has 3 nitrogen and oxygen atoms in total. The number of nitrogens with two attached hydrogens (primary N) is 1. The molecule has 13 heavy (non-hydrogen) atoms. The fraction of sp³-hybridized carbons (Fsp3) is 1.00. The Kier molecular flexibility index (Phi) is 4.89. The normalized spacial score (nSPS) is 17.5. The number of rotatable bonds is 5. The van der Waals surface area contributed by atoms with Crippen LogP contribution in [0.5, 0.6) is 0 Å². The van der Waals surface area contributed by atoms with Crippen molar-refractivity contribution in [2.24, 2.45) is 5.73 Å². The summed E-state index contributed by atoms with van der Waals surface area (Å²) in [7, 11) is 2.02. The highest BCUT2D eigenvalue weighted by atomic mass is 16.3. The summed E-state index contributed by atoms with van der Waals surface area (Å²) in [6.45, 7) is 8.53. The van der Waals surface area contributed by atoms with Crippen molar-refractivity contribution in [3.63, 3.8) is 0 Å². The molecule has 0 aromatic carbocycles. The van der Waals surface area contributed by atoms with Gasteiger partial charge in [-0.2, -0.15) is 0 Å². The lowest BCUT2D eigenvalue weighted by atomic mass is 9.96. The van der Waals surface area contributed by atoms with Gasteiger partial charge < -0.3 is 10.8 Å². The van der Waals surface area contributed by atoms with Crippen molar-refractivity contribution in [2.75, 3.05) is 13.7 Å². The minimum Gasteiger partial charge on any atom is -0.395 e. The summed E-state index contributed by atoms with van der Waals surface area (Å²) in [6.07, 6.45) is 1.05. The maximum atomic E-state index is 9.20. The minimum atomic E-state index is 0.000764. The Morgan fingerprint density at radius 1 is 1.46 bits per heavy atom. The Morgan fingerprint density at radius 3 is 2.15 bits per heavy atom. The highest BCUT2D eigenvalue weighted by Crippen LogP contribution is 2.19. The van der Waals surface area contributed by atoms with Crippen LogP contribution in [-0.4, -0.2) is 41.3 Å². The van der Waals surface area contributed by atoms with E-state index in [0.717, 1.165) is 6.42 Å². The predicted octanol–water partition coefficient (Wildman–Crippen LogP) is 0.815. The molecule has 0 aromatic rings. The van der Waals surface area contributed by atoms with Gasteiger partial charge in [-0.15, -0.1) is 0 Å².